The molecule has 2 aromatic carbocycles. The van der Waals surface area contributed by atoms with E-state index >= 15 is 0 Å². The Morgan fingerprint density at radius 3 is 2.10 bits per heavy atom. The van der Waals surface area contributed by atoms with E-state index in [0.717, 1.165) is 5.56 Å². The number of anilines is 1. The number of morpholine rings is 1. The summed E-state index contributed by atoms with van der Waals surface area (Å²) < 4.78 is 11.0. The average molecular weight is 392 g/mol. The van der Waals surface area contributed by atoms with E-state index in [1.54, 1.807) is 31.4 Å². The summed E-state index contributed by atoms with van der Waals surface area (Å²) in [7, 11) is 1.58. The van der Waals surface area contributed by atoms with Gasteiger partial charge in [-0.15, -0.1) is 0 Å². The lowest BCUT2D eigenvalue weighted by Crippen LogP contribution is -2.47. The Morgan fingerprint density at radius 2 is 1.52 bits per heavy atom. The molecule has 0 aromatic heterocycles. The number of methoxy groups -OCH3 is 1. The maximum absolute atomic E-state index is 13.5. The molecular formula is C23H24N2O4. The van der Waals surface area contributed by atoms with Crippen LogP contribution in [-0.2, 0) is 14.3 Å². The molecule has 2 atom stereocenters. The van der Waals surface area contributed by atoms with Crippen LogP contribution in [0.5, 0.6) is 5.75 Å². The number of benzene rings is 2. The van der Waals surface area contributed by atoms with E-state index in [0.29, 0.717) is 35.8 Å². The largest absolute Gasteiger partial charge is 0.497 e. The van der Waals surface area contributed by atoms with Gasteiger partial charge in [0.15, 0.2) is 0 Å². The minimum Gasteiger partial charge on any atom is -0.497 e. The zero-order valence-corrected chi connectivity index (χ0v) is 16.8. The van der Waals surface area contributed by atoms with Crippen LogP contribution in [0.1, 0.15) is 19.4 Å². The number of ether oxygens (including phenoxy) is 2. The summed E-state index contributed by atoms with van der Waals surface area (Å²) in [4.78, 5) is 30.2. The standard InChI is InChI=1S/C23H24N2O4/c1-15-13-24(14-16(2)29-15)21-20(17-7-5-4-6-8-17)22(26)25(23(21)27)18-9-11-19(28-3)12-10-18/h4-12,15-16H,13-14H2,1-3H3. The van der Waals surface area contributed by atoms with Crippen LogP contribution in [0.2, 0.25) is 0 Å². The molecule has 0 radical (unpaired) electrons. The number of carbonyl (C=O) groups is 2. The van der Waals surface area contributed by atoms with Crippen molar-refractivity contribution in [3.05, 3.63) is 65.9 Å². The average Bonchev–Trinajstić information content (AvgIpc) is 2.98. The number of nitrogens with zero attached hydrogens (tertiary/aromatic N) is 2. The van der Waals surface area contributed by atoms with Crippen molar-refractivity contribution in [2.75, 3.05) is 25.1 Å². The van der Waals surface area contributed by atoms with E-state index in [9.17, 15) is 9.59 Å². The molecule has 0 saturated carbocycles. The lowest BCUT2D eigenvalue weighted by atomic mass is 10.0. The van der Waals surface area contributed by atoms with Gasteiger partial charge in [0.1, 0.15) is 11.4 Å². The lowest BCUT2D eigenvalue weighted by molar-refractivity contribution is -0.121. The van der Waals surface area contributed by atoms with Gasteiger partial charge < -0.3 is 14.4 Å². The number of rotatable bonds is 4. The predicted octanol–water partition coefficient (Wildman–Crippen LogP) is 3.09. The van der Waals surface area contributed by atoms with Crippen LogP contribution in [0.3, 0.4) is 0 Å². The first-order valence-corrected chi connectivity index (χ1v) is 9.72. The molecule has 2 heterocycles. The summed E-state index contributed by atoms with van der Waals surface area (Å²) in [5.41, 5.74) is 2.15. The molecule has 6 nitrogen and oxygen atoms in total. The molecule has 0 N–H and O–H groups in total. The number of hydrogen-bond acceptors (Lipinski definition) is 5. The number of imide groups is 1. The molecule has 150 valence electrons. The van der Waals surface area contributed by atoms with Crippen molar-refractivity contribution < 1.29 is 19.1 Å². The Hall–Kier alpha value is -3.12. The van der Waals surface area contributed by atoms with Gasteiger partial charge in [-0.2, -0.15) is 0 Å². The SMILES string of the molecule is COc1ccc(N2C(=O)C(c3ccccc3)=C(N3CC(C)OC(C)C3)C2=O)cc1. The molecular weight excluding hydrogens is 368 g/mol. The Balaban J connectivity index is 1.79. The van der Waals surface area contributed by atoms with E-state index in [4.69, 9.17) is 9.47 Å². The van der Waals surface area contributed by atoms with Crippen LogP contribution >= 0.6 is 0 Å². The van der Waals surface area contributed by atoms with Crippen molar-refractivity contribution in [3.63, 3.8) is 0 Å². The highest BCUT2D eigenvalue weighted by Gasteiger charge is 2.43. The Morgan fingerprint density at radius 1 is 0.897 bits per heavy atom. The first-order valence-electron chi connectivity index (χ1n) is 9.72. The molecule has 0 bridgehead atoms. The van der Waals surface area contributed by atoms with Crippen molar-refractivity contribution in [3.8, 4) is 5.75 Å². The number of carbonyl (C=O) groups excluding carboxylic acids is 2. The summed E-state index contributed by atoms with van der Waals surface area (Å²) in [5.74, 6) is 0.0497. The van der Waals surface area contributed by atoms with Gasteiger partial charge in [-0.25, -0.2) is 4.90 Å². The van der Waals surface area contributed by atoms with Gasteiger partial charge in [0.2, 0.25) is 0 Å². The third-order valence-electron chi connectivity index (χ3n) is 5.19. The van der Waals surface area contributed by atoms with Crippen molar-refractivity contribution in [2.24, 2.45) is 0 Å². The third-order valence-corrected chi connectivity index (χ3v) is 5.19. The molecule has 2 amide bonds. The van der Waals surface area contributed by atoms with E-state index in [2.05, 4.69) is 0 Å². The Kier molecular flexibility index (Phi) is 5.11. The van der Waals surface area contributed by atoms with E-state index in [1.807, 2.05) is 49.1 Å². The quantitative estimate of drug-likeness (QED) is 0.749. The molecule has 6 heteroatoms. The van der Waals surface area contributed by atoms with Gasteiger partial charge in [-0.3, -0.25) is 9.59 Å². The third kappa shape index (κ3) is 3.51. The highest BCUT2D eigenvalue weighted by Crippen LogP contribution is 2.36. The maximum Gasteiger partial charge on any atom is 0.282 e. The van der Waals surface area contributed by atoms with Crippen molar-refractivity contribution >= 4 is 23.1 Å². The van der Waals surface area contributed by atoms with E-state index < -0.39 is 0 Å². The molecule has 0 spiro atoms. The van der Waals surface area contributed by atoms with E-state index in [-0.39, 0.29) is 24.0 Å². The highest BCUT2D eigenvalue weighted by molar-refractivity contribution is 6.45. The van der Waals surface area contributed by atoms with Crippen LogP contribution in [0.15, 0.2) is 60.3 Å². The monoisotopic (exact) mass is 392 g/mol. The fourth-order valence-electron chi connectivity index (χ4n) is 4.00. The fraction of sp³-hybridized carbons (Fsp3) is 0.304. The van der Waals surface area contributed by atoms with E-state index in [1.165, 1.54) is 4.90 Å². The minimum absolute atomic E-state index is 0.0267. The molecule has 4 rings (SSSR count). The molecule has 0 aliphatic carbocycles. The number of hydrogen-bond donors (Lipinski definition) is 0. The second kappa shape index (κ2) is 7.72. The van der Waals surface area contributed by atoms with Crippen LogP contribution in [0, 0.1) is 0 Å². The summed E-state index contributed by atoms with van der Waals surface area (Å²) in [6, 6.07) is 16.3. The number of amides is 2. The molecule has 29 heavy (non-hydrogen) atoms. The summed E-state index contributed by atoms with van der Waals surface area (Å²) in [6.45, 7) is 5.08. The molecule has 2 aromatic rings. The summed E-state index contributed by atoms with van der Waals surface area (Å²) in [5, 5.41) is 0. The Bertz CT molecular complexity index is 943. The van der Waals surface area contributed by atoms with Crippen molar-refractivity contribution in [2.45, 2.75) is 26.1 Å². The van der Waals surface area contributed by atoms with Gasteiger partial charge in [0.25, 0.3) is 11.8 Å². The maximum atomic E-state index is 13.5. The zero-order chi connectivity index (χ0) is 20.5. The first kappa shape index (κ1) is 19.2. The lowest BCUT2D eigenvalue weighted by Gasteiger charge is -2.37. The predicted molar refractivity (Wildman–Crippen MR) is 110 cm³/mol. The summed E-state index contributed by atoms with van der Waals surface area (Å²) in [6.07, 6.45) is -0.0533. The van der Waals surface area contributed by atoms with Gasteiger partial charge in [-0.1, -0.05) is 30.3 Å². The highest BCUT2D eigenvalue weighted by atomic mass is 16.5. The molecule has 2 aliphatic rings. The van der Waals surface area contributed by atoms with Crippen LogP contribution in [0.4, 0.5) is 5.69 Å². The minimum atomic E-state index is -0.312. The fourth-order valence-corrected chi connectivity index (χ4v) is 4.00. The topological polar surface area (TPSA) is 59.1 Å². The van der Waals surface area contributed by atoms with Crippen LogP contribution in [-0.4, -0.2) is 49.1 Å². The smallest absolute Gasteiger partial charge is 0.282 e. The zero-order valence-electron chi connectivity index (χ0n) is 16.8. The molecule has 2 aliphatic heterocycles. The Labute approximate surface area is 170 Å². The van der Waals surface area contributed by atoms with Crippen molar-refractivity contribution in [1.82, 2.24) is 4.90 Å². The van der Waals surface area contributed by atoms with Gasteiger partial charge in [0.05, 0.1) is 30.6 Å². The van der Waals surface area contributed by atoms with Crippen molar-refractivity contribution in [1.29, 1.82) is 0 Å². The molecule has 2 unspecified atom stereocenters. The van der Waals surface area contributed by atoms with Crippen LogP contribution < -0.4 is 9.64 Å². The molecule has 1 fully saturated rings. The molecule has 1 saturated heterocycles. The van der Waals surface area contributed by atoms with Gasteiger partial charge in [-0.05, 0) is 43.7 Å². The second-order valence-corrected chi connectivity index (χ2v) is 7.40. The normalized spacial score (nSPS) is 22.4. The van der Waals surface area contributed by atoms with Crippen LogP contribution in [0.25, 0.3) is 5.57 Å². The first-order chi connectivity index (χ1) is 14.0. The summed E-state index contributed by atoms with van der Waals surface area (Å²) >= 11 is 0. The second-order valence-electron chi connectivity index (χ2n) is 7.40. The van der Waals surface area contributed by atoms with Gasteiger partial charge >= 0.3 is 0 Å². The van der Waals surface area contributed by atoms with Gasteiger partial charge in [0, 0.05) is 13.1 Å².